The quantitative estimate of drug-likeness (QED) is 0.910. The van der Waals surface area contributed by atoms with Crippen LogP contribution in [-0.4, -0.2) is 24.0 Å². The van der Waals surface area contributed by atoms with Gasteiger partial charge in [0.15, 0.2) is 0 Å². The van der Waals surface area contributed by atoms with Gasteiger partial charge in [0.2, 0.25) is 0 Å². The van der Waals surface area contributed by atoms with Gasteiger partial charge >= 0.3 is 0 Å². The minimum absolute atomic E-state index is 0.906. The molecule has 0 atom stereocenters. The molecule has 0 radical (unpaired) electrons. The molecule has 2 rings (SSSR count). The van der Waals surface area contributed by atoms with E-state index in [9.17, 15) is 0 Å². The number of halogens is 1. The molecule has 5 heteroatoms. The van der Waals surface area contributed by atoms with Gasteiger partial charge < -0.3 is 5.32 Å². The van der Waals surface area contributed by atoms with Crippen LogP contribution in [-0.2, 0) is 13.1 Å². The first-order valence-corrected chi connectivity index (χ1v) is 7.39. The second-order valence-electron chi connectivity index (χ2n) is 4.23. The Balaban J connectivity index is 1.91. The lowest BCUT2D eigenvalue weighted by Crippen LogP contribution is -2.16. The fraction of sp³-hybridized carbons (Fsp3) is 0.308. The third-order valence-corrected chi connectivity index (χ3v) is 4.16. The Morgan fingerprint density at radius 1 is 1.33 bits per heavy atom. The maximum Gasteiger partial charge on any atom is 0.125 e. The molecule has 0 aliphatic carbocycles. The van der Waals surface area contributed by atoms with Crippen molar-refractivity contribution in [2.45, 2.75) is 13.1 Å². The normalized spacial score (nSPS) is 10.9. The van der Waals surface area contributed by atoms with Gasteiger partial charge in [-0.15, -0.1) is 11.3 Å². The van der Waals surface area contributed by atoms with Gasteiger partial charge in [0.05, 0.1) is 3.79 Å². The fourth-order valence-corrected chi connectivity index (χ4v) is 2.97. The number of rotatable bonds is 5. The minimum atomic E-state index is 0.906. The zero-order chi connectivity index (χ0) is 13.0. The molecule has 3 nitrogen and oxygen atoms in total. The Hall–Kier alpha value is -0.910. The van der Waals surface area contributed by atoms with Gasteiger partial charge in [-0.2, -0.15) is 0 Å². The standard InChI is InChI=1S/C13H16BrN3S/c1-15-13-4-3-10(6-16-13)7-17(2)8-11-5-12(14)18-9-11/h3-6,9H,7-8H2,1-2H3,(H,15,16). The predicted molar refractivity (Wildman–Crippen MR) is 81.0 cm³/mol. The molecule has 0 bridgehead atoms. The number of pyridine rings is 1. The zero-order valence-electron chi connectivity index (χ0n) is 10.5. The summed E-state index contributed by atoms with van der Waals surface area (Å²) in [5.74, 6) is 0.906. The topological polar surface area (TPSA) is 28.2 Å². The molecular weight excluding hydrogens is 310 g/mol. The van der Waals surface area contributed by atoms with Crippen molar-refractivity contribution in [2.75, 3.05) is 19.4 Å². The molecule has 18 heavy (non-hydrogen) atoms. The molecule has 0 saturated carbocycles. The summed E-state index contributed by atoms with van der Waals surface area (Å²) in [6, 6.07) is 6.28. The fourth-order valence-electron chi connectivity index (χ4n) is 1.77. The first-order chi connectivity index (χ1) is 8.67. The number of anilines is 1. The molecule has 0 amide bonds. The average Bonchev–Trinajstić information content (AvgIpc) is 2.75. The lowest BCUT2D eigenvalue weighted by atomic mass is 10.2. The highest BCUT2D eigenvalue weighted by Gasteiger charge is 2.04. The van der Waals surface area contributed by atoms with Crippen LogP contribution in [0.15, 0.2) is 33.6 Å². The van der Waals surface area contributed by atoms with Crippen molar-refractivity contribution >= 4 is 33.1 Å². The Bertz CT molecular complexity index is 495. The maximum atomic E-state index is 4.32. The first kappa shape index (κ1) is 13.5. The summed E-state index contributed by atoms with van der Waals surface area (Å²) in [5, 5.41) is 5.21. The molecule has 0 unspecified atom stereocenters. The minimum Gasteiger partial charge on any atom is -0.373 e. The van der Waals surface area contributed by atoms with Gasteiger partial charge in [0.25, 0.3) is 0 Å². The van der Waals surface area contributed by atoms with Gasteiger partial charge in [0.1, 0.15) is 5.82 Å². The average molecular weight is 326 g/mol. The summed E-state index contributed by atoms with van der Waals surface area (Å²) in [6.45, 7) is 1.86. The van der Waals surface area contributed by atoms with E-state index in [1.165, 1.54) is 14.9 Å². The van der Waals surface area contributed by atoms with E-state index >= 15 is 0 Å². The monoisotopic (exact) mass is 325 g/mol. The van der Waals surface area contributed by atoms with Crippen molar-refractivity contribution in [3.63, 3.8) is 0 Å². The van der Waals surface area contributed by atoms with E-state index in [-0.39, 0.29) is 0 Å². The van der Waals surface area contributed by atoms with Gasteiger partial charge in [-0.3, -0.25) is 4.90 Å². The number of nitrogens with zero attached hydrogens (tertiary/aromatic N) is 2. The summed E-state index contributed by atoms with van der Waals surface area (Å²) in [5.41, 5.74) is 2.57. The largest absolute Gasteiger partial charge is 0.373 e. The van der Waals surface area contributed by atoms with E-state index in [0.717, 1.165) is 18.9 Å². The van der Waals surface area contributed by atoms with Crippen molar-refractivity contribution in [1.29, 1.82) is 0 Å². The summed E-state index contributed by atoms with van der Waals surface area (Å²) in [4.78, 5) is 6.60. The molecule has 96 valence electrons. The second kappa shape index (κ2) is 6.31. The van der Waals surface area contributed by atoms with E-state index in [1.807, 2.05) is 19.3 Å². The second-order valence-corrected chi connectivity index (χ2v) is 6.52. The van der Waals surface area contributed by atoms with Crippen LogP contribution in [0.4, 0.5) is 5.82 Å². The Kier molecular flexibility index (Phi) is 4.74. The third kappa shape index (κ3) is 3.80. The van der Waals surface area contributed by atoms with E-state index in [0.29, 0.717) is 0 Å². The molecule has 0 spiro atoms. The van der Waals surface area contributed by atoms with Crippen molar-refractivity contribution in [3.05, 3.63) is 44.7 Å². The van der Waals surface area contributed by atoms with Crippen LogP contribution >= 0.6 is 27.3 Å². The molecule has 0 aliphatic rings. The lowest BCUT2D eigenvalue weighted by molar-refractivity contribution is 0.319. The van der Waals surface area contributed by atoms with Crippen LogP contribution in [0.1, 0.15) is 11.1 Å². The van der Waals surface area contributed by atoms with Crippen molar-refractivity contribution in [3.8, 4) is 0 Å². The lowest BCUT2D eigenvalue weighted by Gasteiger charge is -2.15. The summed E-state index contributed by atoms with van der Waals surface area (Å²) < 4.78 is 1.19. The predicted octanol–water partition coefficient (Wildman–Crippen LogP) is 3.58. The van der Waals surface area contributed by atoms with Gasteiger partial charge in [-0.05, 0) is 51.6 Å². The zero-order valence-corrected chi connectivity index (χ0v) is 12.9. The SMILES string of the molecule is CNc1ccc(CN(C)Cc2csc(Br)c2)cn1. The van der Waals surface area contributed by atoms with Crippen molar-refractivity contribution in [1.82, 2.24) is 9.88 Å². The number of thiophene rings is 1. The van der Waals surface area contributed by atoms with Gasteiger partial charge in [-0.25, -0.2) is 4.98 Å². The molecule has 2 aromatic heterocycles. The van der Waals surface area contributed by atoms with Crippen LogP contribution in [0.3, 0.4) is 0 Å². The molecule has 0 saturated heterocycles. The summed E-state index contributed by atoms with van der Waals surface area (Å²) in [6.07, 6.45) is 1.92. The molecule has 0 aliphatic heterocycles. The van der Waals surface area contributed by atoms with Crippen molar-refractivity contribution < 1.29 is 0 Å². The Labute approximate surface area is 120 Å². The van der Waals surface area contributed by atoms with Crippen LogP contribution in [0.5, 0.6) is 0 Å². The Morgan fingerprint density at radius 3 is 2.67 bits per heavy atom. The molecule has 0 aromatic carbocycles. The number of aromatic nitrogens is 1. The van der Waals surface area contributed by atoms with E-state index in [1.54, 1.807) is 11.3 Å². The number of hydrogen-bond acceptors (Lipinski definition) is 4. The Morgan fingerprint density at radius 2 is 2.11 bits per heavy atom. The van der Waals surface area contributed by atoms with Crippen LogP contribution < -0.4 is 5.32 Å². The summed E-state index contributed by atoms with van der Waals surface area (Å²) in [7, 11) is 4.00. The molecule has 0 fully saturated rings. The van der Waals surface area contributed by atoms with Crippen molar-refractivity contribution in [2.24, 2.45) is 0 Å². The van der Waals surface area contributed by atoms with E-state index in [4.69, 9.17) is 0 Å². The molecule has 1 N–H and O–H groups in total. The van der Waals surface area contributed by atoms with Crippen LogP contribution in [0.25, 0.3) is 0 Å². The van der Waals surface area contributed by atoms with E-state index in [2.05, 4.69) is 55.7 Å². The maximum absolute atomic E-state index is 4.32. The molecule has 2 aromatic rings. The highest BCUT2D eigenvalue weighted by Crippen LogP contribution is 2.21. The van der Waals surface area contributed by atoms with Gasteiger partial charge in [0, 0.05) is 26.3 Å². The van der Waals surface area contributed by atoms with Crippen LogP contribution in [0, 0.1) is 0 Å². The highest BCUT2D eigenvalue weighted by molar-refractivity contribution is 9.11. The van der Waals surface area contributed by atoms with Crippen LogP contribution in [0.2, 0.25) is 0 Å². The van der Waals surface area contributed by atoms with E-state index < -0.39 is 0 Å². The summed E-state index contributed by atoms with van der Waals surface area (Å²) >= 11 is 5.21. The highest BCUT2D eigenvalue weighted by atomic mass is 79.9. The molecule has 2 heterocycles. The smallest absolute Gasteiger partial charge is 0.125 e. The first-order valence-electron chi connectivity index (χ1n) is 5.71. The number of hydrogen-bond donors (Lipinski definition) is 1. The number of nitrogens with one attached hydrogen (secondary N) is 1. The molecular formula is C13H16BrN3S. The van der Waals surface area contributed by atoms with Gasteiger partial charge in [-0.1, -0.05) is 6.07 Å². The third-order valence-electron chi connectivity index (χ3n) is 2.61.